The summed E-state index contributed by atoms with van der Waals surface area (Å²) in [4.78, 5) is 24.6. The van der Waals surface area contributed by atoms with Gasteiger partial charge in [-0.05, 0) is 55.9 Å². The van der Waals surface area contributed by atoms with Crippen LogP contribution in [0.15, 0.2) is 53.4 Å². The van der Waals surface area contributed by atoms with Crippen molar-refractivity contribution in [2.45, 2.75) is 44.2 Å². The van der Waals surface area contributed by atoms with Gasteiger partial charge in [0, 0.05) is 13.1 Å². The standard InChI is InChI=1S/C24H31N3O5S/c1-18-11-12-19(2)21(16-18)33(30,31)27-14-7-15-32-22(27)17-26-24(29)23(28)25-13-6-10-20-8-4-3-5-9-20/h3-5,8-9,11-12,16,22H,6-7,10,13-15,17H2,1-2H3,(H,25,28)(H,26,29). The van der Waals surface area contributed by atoms with E-state index in [2.05, 4.69) is 10.6 Å². The highest BCUT2D eigenvalue weighted by atomic mass is 32.2. The van der Waals surface area contributed by atoms with E-state index < -0.39 is 28.1 Å². The molecule has 33 heavy (non-hydrogen) atoms. The second-order valence-corrected chi connectivity index (χ2v) is 9.98. The number of nitrogens with zero attached hydrogens (tertiary/aromatic N) is 1. The Hall–Kier alpha value is -2.75. The zero-order valence-electron chi connectivity index (χ0n) is 19.0. The van der Waals surface area contributed by atoms with Gasteiger partial charge in [0.2, 0.25) is 10.0 Å². The molecule has 1 atom stereocenters. The van der Waals surface area contributed by atoms with E-state index in [1.54, 1.807) is 19.1 Å². The van der Waals surface area contributed by atoms with Crippen LogP contribution in [0, 0.1) is 13.8 Å². The van der Waals surface area contributed by atoms with Crippen LogP contribution < -0.4 is 10.6 Å². The Labute approximate surface area is 195 Å². The van der Waals surface area contributed by atoms with Gasteiger partial charge in [-0.3, -0.25) is 9.59 Å². The maximum absolute atomic E-state index is 13.3. The summed E-state index contributed by atoms with van der Waals surface area (Å²) in [6.07, 6.45) is 1.18. The molecule has 1 aliphatic rings. The largest absolute Gasteiger partial charge is 0.360 e. The number of ether oxygens (including phenoxy) is 1. The molecule has 2 aromatic rings. The number of aryl methyl sites for hydroxylation is 3. The van der Waals surface area contributed by atoms with Gasteiger partial charge in [-0.2, -0.15) is 4.31 Å². The molecule has 0 saturated carbocycles. The second kappa shape index (κ2) is 11.4. The third kappa shape index (κ3) is 6.63. The molecular weight excluding hydrogens is 442 g/mol. The van der Waals surface area contributed by atoms with Gasteiger partial charge in [-0.1, -0.05) is 42.5 Å². The topological polar surface area (TPSA) is 105 Å². The van der Waals surface area contributed by atoms with Crippen molar-refractivity contribution in [2.24, 2.45) is 0 Å². The number of carbonyl (C=O) groups is 2. The lowest BCUT2D eigenvalue weighted by Crippen LogP contribution is -2.53. The Morgan fingerprint density at radius 2 is 1.79 bits per heavy atom. The summed E-state index contributed by atoms with van der Waals surface area (Å²) in [5.41, 5.74) is 2.64. The van der Waals surface area contributed by atoms with Crippen molar-refractivity contribution in [3.63, 3.8) is 0 Å². The Bertz CT molecular complexity index is 1070. The average Bonchev–Trinajstić information content (AvgIpc) is 2.82. The summed E-state index contributed by atoms with van der Waals surface area (Å²) < 4.78 is 33.5. The first-order valence-corrected chi connectivity index (χ1v) is 12.5. The van der Waals surface area contributed by atoms with Crippen LogP contribution in [0.4, 0.5) is 0 Å². The van der Waals surface area contributed by atoms with E-state index in [0.29, 0.717) is 31.6 Å². The van der Waals surface area contributed by atoms with Gasteiger partial charge in [0.15, 0.2) is 0 Å². The molecule has 3 rings (SSSR count). The van der Waals surface area contributed by atoms with E-state index in [0.717, 1.165) is 17.5 Å². The molecule has 1 aliphatic heterocycles. The molecule has 1 heterocycles. The second-order valence-electron chi connectivity index (χ2n) is 8.12. The Kier molecular flexibility index (Phi) is 8.60. The number of amides is 2. The lowest BCUT2D eigenvalue weighted by Gasteiger charge is -2.35. The lowest BCUT2D eigenvalue weighted by atomic mass is 10.1. The molecule has 9 heteroatoms. The van der Waals surface area contributed by atoms with Crippen LogP contribution in [0.5, 0.6) is 0 Å². The molecule has 1 unspecified atom stereocenters. The van der Waals surface area contributed by atoms with Gasteiger partial charge in [-0.15, -0.1) is 0 Å². The summed E-state index contributed by atoms with van der Waals surface area (Å²) in [6, 6.07) is 15.1. The summed E-state index contributed by atoms with van der Waals surface area (Å²) in [5, 5.41) is 5.11. The first-order chi connectivity index (χ1) is 15.8. The van der Waals surface area contributed by atoms with Gasteiger partial charge in [0.05, 0.1) is 18.0 Å². The van der Waals surface area contributed by atoms with Crippen LogP contribution in [0.3, 0.4) is 0 Å². The monoisotopic (exact) mass is 473 g/mol. The fourth-order valence-corrected chi connectivity index (χ4v) is 5.57. The van der Waals surface area contributed by atoms with Gasteiger partial charge in [0.1, 0.15) is 6.23 Å². The number of nitrogens with one attached hydrogen (secondary N) is 2. The van der Waals surface area contributed by atoms with Gasteiger partial charge in [-0.25, -0.2) is 8.42 Å². The van der Waals surface area contributed by atoms with E-state index in [9.17, 15) is 18.0 Å². The molecule has 0 aliphatic carbocycles. The molecule has 8 nitrogen and oxygen atoms in total. The molecule has 0 aromatic heterocycles. The molecule has 178 valence electrons. The Balaban J connectivity index is 1.53. The molecule has 2 amide bonds. The molecule has 0 bridgehead atoms. The number of sulfonamides is 1. The van der Waals surface area contributed by atoms with Crippen molar-refractivity contribution in [3.05, 3.63) is 65.2 Å². The molecule has 1 saturated heterocycles. The van der Waals surface area contributed by atoms with Crippen molar-refractivity contribution in [1.29, 1.82) is 0 Å². The van der Waals surface area contributed by atoms with Crippen molar-refractivity contribution in [1.82, 2.24) is 14.9 Å². The first-order valence-electron chi connectivity index (χ1n) is 11.1. The third-order valence-electron chi connectivity index (χ3n) is 5.50. The van der Waals surface area contributed by atoms with Crippen LogP contribution >= 0.6 is 0 Å². The quantitative estimate of drug-likeness (QED) is 0.450. The zero-order valence-corrected chi connectivity index (χ0v) is 19.9. The van der Waals surface area contributed by atoms with E-state index in [4.69, 9.17) is 4.74 Å². The number of rotatable bonds is 8. The molecule has 1 fully saturated rings. The van der Waals surface area contributed by atoms with Crippen LogP contribution in [-0.2, 0) is 30.8 Å². The average molecular weight is 474 g/mol. The number of hydrogen-bond donors (Lipinski definition) is 2. The van der Waals surface area contributed by atoms with Gasteiger partial charge in [0.25, 0.3) is 0 Å². The van der Waals surface area contributed by atoms with Crippen LogP contribution in [0.25, 0.3) is 0 Å². The number of hydrogen-bond acceptors (Lipinski definition) is 5. The summed E-state index contributed by atoms with van der Waals surface area (Å²) in [7, 11) is -3.82. The zero-order chi connectivity index (χ0) is 23.8. The fraction of sp³-hybridized carbons (Fsp3) is 0.417. The predicted octanol–water partition coefficient (Wildman–Crippen LogP) is 1.91. The first kappa shape index (κ1) is 24.9. The Morgan fingerprint density at radius 3 is 2.55 bits per heavy atom. The van der Waals surface area contributed by atoms with Gasteiger partial charge >= 0.3 is 11.8 Å². The number of carbonyl (C=O) groups excluding carboxylic acids is 2. The van der Waals surface area contributed by atoms with E-state index in [1.807, 2.05) is 43.3 Å². The SMILES string of the molecule is Cc1ccc(C)c(S(=O)(=O)N2CCCOC2CNC(=O)C(=O)NCCCc2ccccc2)c1. The maximum Gasteiger partial charge on any atom is 0.309 e. The minimum absolute atomic E-state index is 0.111. The fourth-order valence-electron chi connectivity index (χ4n) is 3.69. The molecular formula is C24H31N3O5S. The normalized spacial score (nSPS) is 16.8. The maximum atomic E-state index is 13.3. The molecule has 2 aromatic carbocycles. The van der Waals surface area contributed by atoms with Crippen LogP contribution in [0.1, 0.15) is 29.5 Å². The number of benzene rings is 2. The van der Waals surface area contributed by atoms with Gasteiger partial charge < -0.3 is 15.4 Å². The molecule has 0 spiro atoms. The minimum atomic E-state index is -3.82. The predicted molar refractivity (Wildman–Crippen MR) is 125 cm³/mol. The van der Waals surface area contributed by atoms with E-state index in [1.165, 1.54) is 4.31 Å². The highest BCUT2D eigenvalue weighted by Crippen LogP contribution is 2.25. The molecule has 0 radical (unpaired) electrons. The van der Waals surface area contributed by atoms with E-state index in [-0.39, 0.29) is 18.0 Å². The van der Waals surface area contributed by atoms with Crippen LogP contribution in [0.2, 0.25) is 0 Å². The van der Waals surface area contributed by atoms with E-state index >= 15 is 0 Å². The molecule has 2 N–H and O–H groups in total. The smallest absolute Gasteiger partial charge is 0.309 e. The van der Waals surface area contributed by atoms with Crippen molar-refractivity contribution >= 4 is 21.8 Å². The van der Waals surface area contributed by atoms with Crippen molar-refractivity contribution in [3.8, 4) is 0 Å². The Morgan fingerprint density at radius 1 is 1.06 bits per heavy atom. The highest BCUT2D eigenvalue weighted by molar-refractivity contribution is 7.89. The van der Waals surface area contributed by atoms with Crippen molar-refractivity contribution in [2.75, 3.05) is 26.2 Å². The lowest BCUT2D eigenvalue weighted by molar-refractivity contribution is -0.140. The minimum Gasteiger partial charge on any atom is -0.360 e. The summed E-state index contributed by atoms with van der Waals surface area (Å²) in [5.74, 6) is -1.56. The summed E-state index contributed by atoms with van der Waals surface area (Å²) in [6.45, 7) is 4.50. The third-order valence-corrected chi connectivity index (χ3v) is 7.53. The highest BCUT2D eigenvalue weighted by Gasteiger charge is 2.35. The summed E-state index contributed by atoms with van der Waals surface area (Å²) >= 11 is 0. The van der Waals surface area contributed by atoms with Crippen LogP contribution in [-0.4, -0.2) is 57.0 Å². The van der Waals surface area contributed by atoms with Crippen molar-refractivity contribution < 1.29 is 22.7 Å².